The monoisotopic (exact) mass is 337 g/mol. The van der Waals surface area contributed by atoms with E-state index in [4.69, 9.17) is 10.00 Å². The van der Waals surface area contributed by atoms with Gasteiger partial charge in [0.2, 0.25) is 0 Å². The van der Waals surface area contributed by atoms with Crippen molar-refractivity contribution in [2.24, 2.45) is 0 Å². The normalized spacial score (nSPS) is 11.5. The number of urea groups is 1. The van der Waals surface area contributed by atoms with Gasteiger partial charge in [0.05, 0.1) is 23.8 Å². The molecule has 0 aliphatic rings. The lowest BCUT2D eigenvalue weighted by atomic mass is 10.1. The van der Waals surface area contributed by atoms with Crippen LogP contribution in [0.3, 0.4) is 0 Å². The fourth-order valence-electron chi connectivity index (χ4n) is 2.39. The van der Waals surface area contributed by atoms with E-state index in [2.05, 4.69) is 16.7 Å². The van der Waals surface area contributed by atoms with Crippen LogP contribution in [0.25, 0.3) is 0 Å². The van der Waals surface area contributed by atoms with E-state index in [1.165, 1.54) is 0 Å². The Kier molecular flexibility index (Phi) is 6.41. The lowest BCUT2D eigenvalue weighted by molar-refractivity contribution is 0.236. The number of hydrogen-bond donors (Lipinski definition) is 2. The predicted octanol–water partition coefficient (Wildman–Crippen LogP) is 3.91. The average molecular weight is 337 g/mol. The summed E-state index contributed by atoms with van der Waals surface area (Å²) < 4.78 is 5.68. The maximum Gasteiger partial charge on any atom is 0.315 e. The Labute approximate surface area is 148 Å². The van der Waals surface area contributed by atoms with Gasteiger partial charge in [-0.05, 0) is 56.2 Å². The van der Waals surface area contributed by atoms with Crippen molar-refractivity contribution in [3.05, 3.63) is 65.2 Å². The first-order valence-corrected chi connectivity index (χ1v) is 8.28. The largest absolute Gasteiger partial charge is 0.491 e. The second-order valence-corrected chi connectivity index (χ2v) is 6.10. The van der Waals surface area contributed by atoms with Crippen molar-refractivity contribution < 1.29 is 9.53 Å². The fraction of sp³-hybridized carbons (Fsp3) is 0.300. The van der Waals surface area contributed by atoms with Crippen LogP contribution in [0.15, 0.2) is 48.5 Å². The van der Waals surface area contributed by atoms with Crippen molar-refractivity contribution in [1.29, 1.82) is 5.26 Å². The number of nitriles is 1. The predicted molar refractivity (Wildman–Crippen MR) is 97.1 cm³/mol. The molecule has 0 bridgehead atoms. The smallest absolute Gasteiger partial charge is 0.315 e. The first-order valence-electron chi connectivity index (χ1n) is 8.28. The molecule has 5 heteroatoms. The number of ether oxygens (including phenoxy) is 1. The molecule has 0 radical (unpaired) electrons. The molecular weight excluding hydrogens is 314 g/mol. The molecule has 2 amide bonds. The van der Waals surface area contributed by atoms with E-state index in [1.54, 1.807) is 18.2 Å². The first-order chi connectivity index (χ1) is 12.0. The quantitative estimate of drug-likeness (QED) is 0.839. The molecule has 0 aliphatic carbocycles. The van der Waals surface area contributed by atoms with Crippen molar-refractivity contribution in [1.82, 2.24) is 10.6 Å². The van der Waals surface area contributed by atoms with Gasteiger partial charge in [0, 0.05) is 6.54 Å². The number of carbonyl (C=O) groups is 1. The Bertz CT molecular complexity index is 766. The molecule has 2 rings (SSSR count). The number of hydrogen-bond acceptors (Lipinski definition) is 3. The molecule has 0 saturated carbocycles. The highest BCUT2D eigenvalue weighted by Crippen LogP contribution is 2.20. The van der Waals surface area contributed by atoms with Crippen LogP contribution >= 0.6 is 0 Å². The van der Waals surface area contributed by atoms with Crippen LogP contribution < -0.4 is 15.4 Å². The SMILES string of the molecule is CC(C)Oc1cccc(C(C)NC(=O)NCc2cccc(C#N)c2)c1. The standard InChI is InChI=1S/C20H23N3O2/c1-14(2)25-19-9-5-8-18(11-19)15(3)23-20(24)22-13-17-7-4-6-16(10-17)12-21/h4-11,14-15H,13H2,1-3H3,(H2,22,23,24). The first kappa shape index (κ1) is 18.3. The third kappa shape index (κ3) is 5.85. The number of rotatable bonds is 6. The van der Waals surface area contributed by atoms with Crippen LogP contribution in [0, 0.1) is 11.3 Å². The van der Waals surface area contributed by atoms with Crippen LogP contribution in [0.4, 0.5) is 4.79 Å². The Balaban J connectivity index is 1.90. The third-order valence-corrected chi connectivity index (χ3v) is 3.59. The van der Waals surface area contributed by atoms with E-state index in [0.717, 1.165) is 16.9 Å². The fourth-order valence-corrected chi connectivity index (χ4v) is 2.39. The Hall–Kier alpha value is -3.00. The van der Waals surface area contributed by atoms with E-state index in [1.807, 2.05) is 51.1 Å². The highest BCUT2D eigenvalue weighted by atomic mass is 16.5. The van der Waals surface area contributed by atoms with Crippen molar-refractivity contribution in [3.8, 4) is 11.8 Å². The van der Waals surface area contributed by atoms with Crippen molar-refractivity contribution in [2.75, 3.05) is 0 Å². The molecular formula is C20H23N3O2. The molecule has 0 saturated heterocycles. The summed E-state index contributed by atoms with van der Waals surface area (Å²) in [6.45, 7) is 6.24. The zero-order chi connectivity index (χ0) is 18.2. The van der Waals surface area contributed by atoms with E-state index in [-0.39, 0.29) is 18.2 Å². The molecule has 0 aliphatic heterocycles. The van der Waals surface area contributed by atoms with Crippen LogP contribution in [-0.2, 0) is 6.54 Å². The minimum Gasteiger partial charge on any atom is -0.491 e. The van der Waals surface area contributed by atoms with Gasteiger partial charge in [-0.15, -0.1) is 0 Å². The van der Waals surface area contributed by atoms with Gasteiger partial charge in [-0.25, -0.2) is 4.79 Å². The third-order valence-electron chi connectivity index (χ3n) is 3.59. The molecule has 25 heavy (non-hydrogen) atoms. The van der Waals surface area contributed by atoms with E-state index < -0.39 is 0 Å². The average Bonchev–Trinajstić information content (AvgIpc) is 2.60. The molecule has 1 unspecified atom stereocenters. The van der Waals surface area contributed by atoms with Gasteiger partial charge < -0.3 is 15.4 Å². The summed E-state index contributed by atoms with van der Waals surface area (Å²) in [6.07, 6.45) is 0.103. The molecule has 0 spiro atoms. The topological polar surface area (TPSA) is 74.2 Å². The molecule has 2 aromatic carbocycles. The summed E-state index contributed by atoms with van der Waals surface area (Å²) in [4.78, 5) is 12.1. The lowest BCUT2D eigenvalue weighted by Crippen LogP contribution is -2.36. The maximum atomic E-state index is 12.1. The van der Waals surface area contributed by atoms with Crippen LogP contribution in [0.1, 0.15) is 43.5 Å². The number of benzene rings is 2. The van der Waals surface area contributed by atoms with Gasteiger partial charge in [0.25, 0.3) is 0 Å². The Morgan fingerprint density at radius 1 is 1.16 bits per heavy atom. The second-order valence-electron chi connectivity index (χ2n) is 6.10. The molecule has 1 atom stereocenters. The Morgan fingerprint density at radius 2 is 1.92 bits per heavy atom. The van der Waals surface area contributed by atoms with Crippen LogP contribution in [-0.4, -0.2) is 12.1 Å². The van der Waals surface area contributed by atoms with Gasteiger partial charge in [-0.1, -0.05) is 24.3 Å². The molecule has 5 nitrogen and oxygen atoms in total. The molecule has 2 aromatic rings. The summed E-state index contributed by atoms with van der Waals surface area (Å²) in [6, 6.07) is 16.5. The minimum atomic E-state index is -0.259. The summed E-state index contributed by atoms with van der Waals surface area (Å²) in [5, 5.41) is 14.6. The van der Waals surface area contributed by atoms with Gasteiger partial charge in [0.15, 0.2) is 0 Å². The number of nitrogens with one attached hydrogen (secondary N) is 2. The van der Waals surface area contributed by atoms with Gasteiger partial charge in [-0.2, -0.15) is 5.26 Å². The van der Waals surface area contributed by atoms with Gasteiger partial charge in [0.1, 0.15) is 5.75 Å². The van der Waals surface area contributed by atoms with Crippen molar-refractivity contribution >= 4 is 6.03 Å². The highest BCUT2D eigenvalue weighted by Gasteiger charge is 2.10. The van der Waals surface area contributed by atoms with E-state index in [0.29, 0.717) is 12.1 Å². The zero-order valence-electron chi connectivity index (χ0n) is 14.7. The van der Waals surface area contributed by atoms with Crippen molar-refractivity contribution in [3.63, 3.8) is 0 Å². The number of carbonyl (C=O) groups excluding carboxylic acids is 1. The molecule has 0 aromatic heterocycles. The van der Waals surface area contributed by atoms with E-state index in [9.17, 15) is 4.79 Å². The van der Waals surface area contributed by atoms with Gasteiger partial charge >= 0.3 is 6.03 Å². The minimum absolute atomic E-state index is 0.103. The molecule has 2 N–H and O–H groups in total. The van der Waals surface area contributed by atoms with Crippen molar-refractivity contribution in [2.45, 2.75) is 39.5 Å². The highest BCUT2D eigenvalue weighted by molar-refractivity contribution is 5.74. The van der Waals surface area contributed by atoms with Crippen LogP contribution in [0.5, 0.6) is 5.75 Å². The number of amides is 2. The van der Waals surface area contributed by atoms with E-state index >= 15 is 0 Å². The molecule has 0 fully saturated rings. The van der Waals surface area contributed by atoms with Gasteiger partial charge in [-0.3, -0.25) is 0 Å². The van der Waals surface area contributed by atoms with Crippen LogP contribution in [0.2, 0.25) is 0 Å². The summed E-state index contributed by atoms with van der Waals surface area (Å²) >= 11 is 0. The maximum absolute atomic E-state index is 12.1. The number of nitrogens with zero attached hydrogens (tertiary/aromatic N) is 1. The summed E-state index contributed by atoms with van der Waals surface area (Å²) in [5.74, 6) is 0.787. The second kappa shape index (κ2) is 8.74. The lowest BCUT2D eigenvalue weighted by Gasteiger charge is -2.17. The molecule has 0 heterocycles. The summed E-state index contributed by atoms with van der Waals surface area (Å²) in [5.41, 5.74) is 2.43. The zero-order valence-corrected chi connectivity index (χ0v) is 14.7. The molecule has 130 valence electrons. The summed E-state index contributed by atoms with van der Waals surface area (Å²) in [7, 11) is 0. The Morgan fingerprint density at radius 3 is 2.64 bits per heavy atom.